The summed E-state index contributed by atoms with van der Waals surface area (Å²) in [6.45, 7) is 1.44. The lowest BCUT2D eigenvalue weighted by Crippen LogP contribution is -2.26. The minimum atomic E-state index is -0.0818. The first-order valence-corrected chi connectivity index (χ1v) is 8.14. The van der Waals surface area contributed by atoms with Crippen LogP contribution in [-0.4, -0.2) is 19.0 Å². The molecule has 0 aromatic heterocycles. The Hall–Kier alpha value is -1.27. The lowest BCUT2D eigenvalue weighted by atomic mass is 10.2. The fourth-order valence-corrected chi connectivity index (χ4v) is 2.60. The maximum absolute atomic E-state index is 12.1. The number of hydrogen-bond donors (Lipinski definition) is 2. The van der Waals surface area contributed by atoms with Gasteiger partial charge in [0.2, 0.25) is 0 Å². The number of carbonyl (C=O) groups is 1. The van der Waals surface area contributed by atoms with Crippen molar-refractivity contribution in [3.63, 3.8) is 0 Å². The summed E-state index contributed by atoms with van der Waals surface area (Å²) in [5.41, 5.74) is 1.72. The Morgan fingerprint density at radius 2 is 1.86 bits per heavy atom. The number of anilines is 1. The Balaban J connectivity index is 1.73. The van der Waals surface area contributed by atoms with Crippen LogP contribution < -0.4 is 10.6 Å². The molecule has 2 rings (SSSR count). The van der Waals surface area contributed by atoms with E-state index in [-0.39, 0.29) is 5.91 Å². The first-order chi connectivity index (χ1) is 10.2. The van der Waals surface area contributed by atoms with Crippen molar-refractivity contribution < 1.29 is 4.79 Å². The number of hydrogen-bond acceptors (Lipinski definition) is 2. The van der Waals surface area contributed by atoms with E-state index in [9.17, 15) is 4.79 Å². The largest absolute Gasteiger partial charge is 0.385 e. The summed E-state index contributed by atoms with van der Waals surface area (Å²) >= 11 is 8.06. The molecule has 0 aliphatic rings. The van der Waals surface area contributed by atoms with E-state index in [4.69, 9.17) is 11.6 Å². The second kappa shape index (κ2) is 8.24. The van der Waals surface area contributed by atoms with Gasteiger partial charge in [-0.3, -0.25) is 4.79 Å². The van der Waals surface area contributed by atoms with Crippen molar-refractivity contribution in [2.45, 2.75) is 6.42 Å². The molecule has 0 aliphatic heterocycles. The van der Waals surface area contributed by atoms with E-state index in [0.29, 0.717) is 17.1 Å². The standard InChI is InChI=1S/C16H16ClIN2O/c17-12-7-8-15(18)14(11-12)16(21)20-10-4-9-19-13-5-2-1-3-6-13/h1-3,5-8,11,19H,4,9-10H2,(H,20,21). The molecule has 2 aromatic carbocycles. The molecular weight excluding hydrogens is 399 g/mol. The zero-order valence-corrected chi connectivity index (χ0v) is 14.3. The molecular formula is C16H16ClIN2O. The minimum Gasteiger partial charge on any atom is -0.385 e. The predicted octanol–water partition coefficient (Wildman–Crippen LogP) is 4.18. The Bertz CT molecular complexity index is 604. The molecule has 110 valence electrons. The molecule has 0 atom stereocenters. The van der Waals surface area contributed by atoms with Crippen molar-refractivity contribution in [3.05, 3.63) is 62.7 Å². The molecule has 5 heteroatoms. The fraction of sp³-hybridized carbons (Fsp3) is 0.188. The van der Waals surface area contributed by atoms with Crippen molar-refractivity contribution in [1.29, 1.82) is 0 Å². The molecule has 3 nitrogen and oxygen atoms in total. The highest BCUT2D eigenvalue weighted by Crippen LogP contribution is 2.17. The Kier molecular flexibility index (Phi) is 6.32. The average Bonchev–Trinajstić information content (AvgIpc) is 2.50. The quantitative estimate of drug-likeness (QED) is 0.550. The van der Waals surface area contributed by atoms with Gasteiger partial charge in [-0.1, -0.05) is 29.8 Å². The summed E-state index contributed by atoms with van der Waals surface area (Å²) in [6, 6.07) is 15.3. The maximum Gasteiger partial charge on any atom is 0.252 e. The normalized spacial score (nSPS) is 10.2. The van der Waals surface area contributed by atoms with Crippen LogP contribution in [-0.2, 0) is 0 Å². The minimum absolute atomic E-state index is 0.0818. The fourth-order valence-electron chi connectivity index (χ4n) is 1.85. The lowest BCUT2D eigenvalue weighted by Gasteiger charge is -2.09. The molecule has 0 saturated heterocycles. The molecule has 2 N–H and O–H groups in total. The van der Waals surface area contributed by atoms with Gasteiger partial charge in [-0.25, -0.2) is 0 Å². The zero-order valence-electron chi connectivity index (χ0n) is 11.4. The van der Waals surface area contributed by atoms with E-state index in [0.717, 1.165) is 22.2 Å². The predicted molar refractivity (Wildman–Crippen MR) is 96.1 cm³/mol. The third-order valence-electron chi connectivity index (χ3n) is 2.92. The van der Waals surface area contributed by atoms with Crippen LogP contribution in [0.1, 0.15) is 16.8 Å². The van der Waals surface area contributed by atoms with Gasteiger partial charge in [0.25, 0.3) is 5.91 Å². The van der Waals surface area contributed by atoms with Crippen LogP contribution in [0.4, 0.5) is 5.69 Å². The van der Waals surface area contributed by atoms with Gasteiger partial charge in [0.1, 0.15) is 0 Å². The Morgan fingerprint density at radius 3 is 2.62 bits per heavy atom. The number of carbonyl (C=O) groups excluding carboxylic acids is 1. The van der Waals surface area contributed by atoms with E-state index in [2.05, 4.69) is 33.2 Å². The molecule has 0 fully saturated rings. The van der Waals surface area contributed by atoms with Crippen molar-refractivity contribution in [3.8, 4) is 0 Å². The molecule has 1 amide bonds. The molecule has 0 spiro atoms. The number of nitrogens with one attached hydrogen (secondary N) is 2. The number of halogens is 2. The summed E-state index contributed by atoms with van der Waals surface area (Å²) < 4.78 is 0.900. The SMILES string of the molecule is O=C(NCCCNc1ccccc1)c1cc(Cl)ccc1I. The summed E-state index contributed by atoms with van der Waals surface area (Å²) in [5, 5.41) is 6.79. The number of amides is 1. The van der Waals surface area contributed by atoms with Gasteiger partial charge in [-0.05, 0) is 59.3 Å². The van der Waals surface area contributed by atoms with Crippen molar-refractivity contribution in [2.24, 2.45) is 0 Å². The van der Waals surface area contributed by atoms with Gasteiger partial charge in [-0.15, -0.1) is 0 Å². The first kappa shape index (κ1) is 16.1. The lowest BCUT2D eigenvalue weighted by molar-refractivity contribution is 0.0952. The molecule has 0 unspecified atom stereocenters. The molecule has 0 radical (unpaired) electrons. The molecule has 0 saturated carbocycles. The summed E-state index contributed by atoms with van der Waals surface area (Å²) in [6.07, 6.45) is 0.859. The van der Waals surface area contributed by atoms with Gasteiger partial charge in [0, 0.05) is 27.4 Å². The third kappa shape index (κ3) is 5.21. The Morgan fingerprint density at radius 1 is 1.10 bits per heavy atom. The monoisotopic (exact) mass is 414 g/mol. The third-order valence-corrected chi connectivity index (χ3v) is 4.09. The highest BCUT2D eigenvalue weighted by molar-refractivity contribution is 14.1. The number of benzene rings is 2. The first-order valence-electron chi connectivity index (χ1n) is 6.69. The van der Waals surface area contributed by atoms with Crippen LogP contribution in [0.2, 0.25) is 5.02 Å². The van der Waals surface area contributed by atoms with E-state index in [1.807, 2.05) is 36.4 Å². The van der Waals surface area contributed by atoms with E-state index in [1.165, 1.54) is 0 Å². The van der Waals surface area contributed by atoms with Gasteiger partial charge >= 0.3 is 0 Å². The maximum atomic E-state index is 12.1. The average molecular weight is 415 g/mol. The second-order valence-electron chi connectivity index (χ2n) is 4.53. The van der Waals surface area contributed by atoms with E-state index >= 15 is 0 Å². The molecule has 0 aliphatic carbocycles. The molecule has 0 heterocycles. The van der Waals surface area contributed by atoms with Crippen LogP contribution in [0.25, 0.3) is 0 Å². The van der Waals surface area contributed by atoms with Crippen LogP contribution >= 0.6 is 34.2 Å². The van der Waals surface area contributed by atoms with E-state index in [1.54, 1.807) is 12.1 Å². The van der Waals surface area contributed by atoms with Crippen LogP contribution in [0.3, 0.4) is 0 Å². The summed E-state index contributed by atoms with van der Waals surface area (Å²) in [5.74, 6) is -0.0818. The molecule has 0 bridgehead atoms. The number of para-hydroxylation sites is 1. The van der Waals surface area contributed by atoms with Crippen LogP contribution in [0, 0.1) is 3.57 Å². The zero-order chi connectivity index (χ0) is 15.1. The summed E-state index contributed by atoms with van der Waals surface area (Å²) in [7, 11) is 0. The topological polar surface area (TPSA) is 41.1 Å². The highest BCUT2D eigenvalue weighted by atomic mass is 127. The summed E-state index contributed by atoms with van der Waals surface area (Å²) in [4.78, 5) is 12.1. The van der Waals surface area contributed by atoms with Gasteiger partial charge in [0.15, 0.2) is 0 Å². The van der Waals surface area contributed by atoms with E-state index < -0.39 is 0 Å². The number of rotatable bonds is 6. The van der Waals surface area contributed by atoms with Crippen molar-refractivity contribution in [2.75, 3.05) is 18.4 Å². The van der Waals surface area contributed by atoms with Gasteiger partial charge < -0.3 is 10.6 Å². The van der Waals surface area contributed by atoms with Crippen molar-refractivity contribution in [1.82, 2.24) is 5.32 Å². The van der Waals surface area contributed by atoms with Crippen LogP contribution in [0.5, 0.6) is 0 Å². The van der Waals surface area contributed by atoms with Crippen molar-refractivity contribution >= 4 is 45.8 Å². The molecule has 2 aromatic rings. The second-order valence-corrected chi connectivity index (χ2v) is 6.13. The Labute approximate surface area is 143 Å². The molecule has 21 heavy (non-hydrogen) atoms. The highest BCUT2D eigenvalue weighted by Gasteiger charge is 2.09. The van der Waals surface area contributed by atoms with Gasteiger partial charge in [0.05, 0.1) is 5.56 Å². The van der Waals surface area contributed by atoms with Crippen LogP contribution in [0.15, 0.2) is 48.5 Å². The van der Waals surface area contributed by atoms with Gasteiger partial charge in [-0.2, -0.15) is 0 Å². The smallest absolute Gasteiger partial charge is 0.252 e.